The normalized spacial score (nSPS) is 14.1. The summed E-state index contributed by atoms with van der Waals surface area (Å²) in [6.45, 7) is 1.58. The maximum atomic E-state index is 11.4. The van der Waals surface area contributed by atoms with E-state index in [1.807, 2.05) is 24.3 Å². The molecule has 0 bridgehead atoms. The summed E-state index contributed by atoms with van der Waals surface area (Å²) in [5, 5.41) is 8.75. The fraction of sp³-hybridized carbons (Fsp3) is 0.467. The molecule has 0 radical (unpaired) electrons. The van der Waals surface area contributed by atoms with E-state index in [-0.39, 0.29) is 5.91 Å². The predicted molar refractivity (Wildman–Crippen MR) is 76.1 cm³/mol. The zero-order chi connectivity index (χ0) is 14.4. The molecule has 5 nitrogen and oxygen atoms in total. The number of nitrogens with two attached hydrogens (primary N) is 1. The van der Waals surface area contributed by atoms with Gasteiger partial charge in [-0.05, 0) is 24.0 Å². The Bertz CT molecular complexity index is 505. The Hall–Kier alpha value is -1.90. The predicted octanol–water partition coefficient (Wildman–Crippen LogP) is 1.10. The molecule has 0 aromatic heterocycles. The first-order valence-corrected chi connectivity index (χ1v) is 6.92. The van der Waals surface area contributed by atoms with Crippen molar-refractivity contribution in [1.82, 2.24) is 10.3 Å². The van der Waals surface area contributed by atoms with Crippen molar-refractivity contribution >= 4 is 5.91 Å². The summed E-state index contributed by atoms with van der Waals surface area (Å²) in [6.07, 6.45) is 3.25. The van der Waals surface area contributed by atoms with Crippen LogP contribution in [0.25, 0.3) is 0 Å². The van der Waals surface area contributed by atoms with Crippen molar-refractivity contribution in [1.29, 1.82) is 5.26 Å². The van der Waals surface area contributed by atoms with E-state index in [0.717, 1.165) is 24.2 Å². The Balaban J connectivity index is 2.06. The molecule has 1 saturated carbocycles. The SMILES string of the molecule is N#CCCN(Cc1ccccc1CC(=O)NN)C1CC1. The minimum atomic E-state index is -0.188. The number of rotatable bonds is 7. The summed E-state index contributed by atoms with van der Waals surface area (Å²) in [7, 11) is 0. The standard InChI is InChI=1S/C15H20N4O/c16-8-3-9-19(14-6-7-14)11-13-5-2-1-4-12(13)10-15(20)18-17/h1-2,4-5,14H,3,6-7,9-11,17H2,(H,18,20). The van der Waals surface area contributed by atoms with E-state index in [2.05, 4.69) is 16.4 Å². The average molecular weight is 272 g/mol. The van der Waals surface area contributed by atoms with Crippen molar-refractivity contribution in [2.75, 3.05) is 6.54 Å². The van der Waals surface area contributed by atoms with E-state index in [9.17, 15) is 4.79 Å². The molecule has 2 rings (SSSR count). The van der Waals surface area contributed by atoms with Crippen LogP contribution in [0.5, 0.6) is 0 Å². The topological polar surface area (TPSA) is 82.2 Å². The summed E-state index contributed by atoms with van der Waals surface area (Å²) in [6, 6.07) is 10.7. The summed E-state index contributed by atoms with van der Waals surface area (Å²) >= 11 is 0. The van der Waals surface area contributed by atoms with Crippen molar-refractivity contribution < 1.29 is 4.79 Å². The van der Waals surface area contributed by atoms with Gasteiger partial charge in [-0.1, -0.05) is 24.3 Å². The van der Waals surface area contributed by atoms with Crippen molar-refractivity contribution in [3.8, 4) is 6.07 Å². The third-order valence-electron chi connectivity index (χ3n) is 3.58. The Labute approximate surface area is 119 Å². The zero-order valence-corrected chi connectivity index (χ0v) is 11.5. The number of nitrogens with zero attached hydrogens (tertiary/aromatic N) is 2. The monoisotopic (exact) mass is 272 g/mol. The summed E-state index contributed by atoms with van der Waals surface area (Å²) < 4.78 is 0. The molecule has 106 valence electrons. The van der Waals surface area contributed by atoms with Crippen LogP contribution in [0.15, 0.2) is 24.3 Å². The van der Waals surface area contributed by atoms with E-state index >= 15 is 0 Å². The second-order valence-corrected chi connectivity index (χ2v) is 5.12. The number of carbonyl (C=O) groups excluding carboxylic acids is 1. The van der Waals surface area contributed by atoms with Crippen LogP contribution in [0.2, 0.25) is 0 Å². The van der Waals surface area contributed by atoms with Crippen LogP contribution in [-0.2, 0) is 17.8 Å². The number of hydrogen-bond acceptors (Lipinski definition) is 4. The number of nitrogens with one attached hydrogen (secondary N) is 1. The van der Waals surface area contributed by atoms with Gasteiger partial charge < -0.3 is 0 Å². The van der Waals surface area contributed by atoms with Crippen LogP contribution in [0.4, 0.5) is 0 Å². The maximum Gasteiger partial charge on any atom is 0.238 e. The molecular formula is C15H20N4O. The first-order chi connectivity index (χ1) is 9.74. The van der Waals surface area contributed by atoms with Gasteiger partial charge in [0.25, 0.3) is 0 Å². The molecule has 1 aliphatic carbocycles. The number of amides is 1. The van der Waals surface area contributed by atoms with Gasteiger partial charge in [-0.2, -0.15) is 5.26 Å². The molecule has 0 heterocycles. The number of hydrazine groups is 1. The van der Waals surface area contributed by atoms with Gasteiger partial charge in [-0.3, -0.25) is 15.1 Å². The Morgan fingerprint density at radius 1 is 1.40 bits per heavy atom. The average Bonchev–Trinajstić information content (AvgIpc) is 3.29. The number of benzene rings is 1. The zero-order valence-electron chi connectivity index (χ0n) is 11.5. The lowest BCUT2D eigenvalue weighted by Crippen LogP contribution is -2.32. The van der Waals surface area contributed by atoms with Crippen LogP contribution in [-0.4, -0.2) is 23.4 Å². The lowest BCUT2D eigenvalue weighted by Gasteiger charge is -2.22. The smallest absolute Gasteiger partial charge is 0.238 e. The number of nitriles is 1. The Kier molecular flexibility index (Phi) is 5.10. The summed E-state index contributed by atoms with van der Waals surface area (Å²) in [4.78, 5) is 13.8. The third-order valence-corrected chi connectivity index (χ3v) is 3.58. The molecule has 1 aliphatic rings. The lowest BCUT2D eigenvalue weighted by molar-refractivity contribution is -0.120. The largest absolute Gasteiger partial charge is 0.295 e. The van der Waals surface area contributed by atoms with Crippen LogP contribution in [0, 0.1) is 11.3 Å². The van der Waals surface area contributed by atoms with Gasteiger partial charge in [0.05, 0.1) is 12.5 Å². The van der Waals surface area contributed by atoms with E-state index in [1.54, 1.807) is 0 Å². The molecule has 0 aliphatic heterocycles. The quantitative estimate of drug-likeness (QED) is 0.442. The first kappa shape index (κ1) is 14.5. The van der Waals surface area contributed by atoms with Crippen molar-refractivity contribution in [2.45, 2.75) is 38.3 Å². The highest BCUT2D eigenvalue weighted by Gasteiger charge is 2.28. The molecule has 0 atom stereocenters. The minimum Gasteiger partial charge on any atom is -0.295 e. The highest BCUT2D eigenvalue weighted by molar-refractivity contribution is 5.78. The van der Waals surface area contributed by atoms with Gasteiger partial charge in [0.2, 0.25) is 5.91 Å². The molecule has 1 aromatic carbocycles. The number of hydrogen-bond donors (Lipinski definition) is 2. The van der Waals surface area contributed by atoms with Gasteiger partial charge >= 0.3 is 0 Å². The van der Waals surface area contributed by atoms with E-state index in [0.29, 0.717) is 18.9 Å². The first-order valence-electron chi connectivity index (χ1n) is 6.92. The van der Waals surface area contributed by atoms with E-state index in [4.69, 9.17) is 11.1 Å². The molecular weight excluding hydrogens is 252 g/mol. The van der Waals surface area contributed by atoms with Crippen LogP contribution < -0.4 is 11.3 Å². The van der Waals surface area contributed by atoms with Crippen molar-refractivity contribution in [3.63, 3.8) is 0 Å². The molecule has 1 amide bonds. The highest BCUT2D eigenvalue weighted by Crippen LogP contribution is 2.29. The minimum absolute atomic E-state index is 0.188. The van der Waals surface area contributed by atoms with Gasteiger partial charge in [0.15, 0.2) is 0 Å². The number of carbonyl (C=O) groups is 1. The van der Waals surface area contributed by atoms with Crippen LogP contribution in [0.1, 0.15) is 30.4 Å². The van der Waals surface area contributed by atoms with Gasteiger partial charge in [0, 0.05) is 25.6 Å². The molecule has 0 spiro atoms. The van der Waals surface area contributed by atoms with Crippen LogP contribution in [0.3, 0.4) is 0 Å². The summed E-state index contributed by atoms with van der Waals surface area (Å²) in [5.41, 5.74) is 4.31. The lowest BCUT2D eigenvalue weighted by atomic mass is 10.0. The highest BCUT2D eigenvalue weighted by atomic mass is 16.2. The Morgan fingerprint density at radius 3 is 2.70 bits per heavy atom. The fourth-order valence-corrected chi connectivity index (χ4v) is 2.35. The molecule has 3 N–H and O–H groups in total. The molecule has 1 aromatic rings. The second kappa shape index (κ2) is 7.04. The van der Waals surface area contributed by atoms with E-state index < -0.39 is 0 Å². The molecule has 20 heavy (non-hydrogen) atoms. The maximum absolute atomic E-state index is 11.4. The molecule has 0 unspecified atom stereocenters. The van der Waals surface area contributed by atoms with Gasteiger partial charge in [-0.15, -0.1) is 0 Å². The van der Waals surface area contributed by atoms with Gasteiger partial charge in [0.1, 0.15) is 0 Å². The van der Waals surface area contributed by atoms with Crippen molar-refractivity contribution in [2.24, 2.45) is 5.84 Å². The van der Waals surface area contributed by atoms with Crippen LogP contribution >= 0.6 is 0 Å². The third kappa shape index (κ3) is 4.05. The summed E-state index contributed by atoms with van der Waals surface area (Å²) in [5.74, 6) is 4.96. The molecule has 5 heteroatoms. The van der Waals surface area contributed by atoms with Gasteiger partial charge in [-0.25, -0.2) is 5.84 Å². The van der Waals surface area contributed by atoms with Crippen molar-refractivity contribution in [3.05, 3.63) is 35.4 Å². The molecule has 1 fully saturated rings. The van der Waals surface area contributed by atoms with E-state index in [1.165, 1.54) is 12.8 Å². The second-order valence-electron chi connectivity index (χ2n) is 5.12. The molecule has 0 saturated heterocycles. The fourth-order valence-electron chi connectivity index (χ4n) is 2.35. The Morgan fingerprint density at radius 2 is 2.10 bits per heavy atom.